The third-order valence-electron chi connectivity index (χ3n) is 2.86. The first kappa shape index (κ1) is 9.24. The standard InChI is InChI=1S/C10H13NO3/c1-10(3-2-4-10)9-11-7(6-14-9)5-8(12)13/h6H,2-5H2,1H3,(H,12,13). The molecule has 0 amide bonds. The molecule has 1 saturated carbocycles. The van der Waals surface area contributed by atoms with E-state index < -0.39 is 5.97 Å². The van der Waals surface area contributed by atoms with Crippen LogP contribution >= 0.6 is 0 Å². The molecular weight excluding hydrogens is 182 g/mol. The number of aliphatic carboxylic acids is 1. The second kappa shape index (κ2) is 3.12. The van der Waals surface area contributed by atoms with Gasteiger partial charge in [-0.15, -0.1) is 0 Å². The molecular formula is C10H13NO3. The number of hydrogen-bond acceptors (Lipinski definition) is 3. The lowest BCUT2D eigenvalue weighted by atomic mass is 9.70. The van der Waals surface area contributed by atoms with E-state index in [9.17, 15) is 4.79 Å². The molecule has 0 unspecified atom stereocenters. The zero-order valence-corrected chi connectivity index (χ0v) is 8.12. The van der Waals surface area contributed by atoms with E-state index in [2.05, 4.69) is 11.9 Å². The maximum absolute atomic E-state index is 10.4. The zero-order chi connectivity index (χ0) is 10.2. The largest absolute Gasteiger partial charge is 0.481 e. The highest BCUT2D eigenvalue weighted by molar-refractivity contribution is 5.69. The lowest BCUT2D eigenvalue weighted by molar-refractivity contribution is -0.136. The van der Waals surface area contributed by atoms with Crippen molar-refractivity contribution >= 4 is 5.97 Å². The van der Waals surface area contributed by atoms with Crippen molar-refractivity contribution in [2.45, 2.75) is 38.0 Å². The summed E-state index contributed by atoms with van der Waals surface area (Å²) >= 11 is 0. The fourth-order valence-corrected chi connectivity index (χ4v) is 1.74. The van der Waals surface area contributed by atoms with Gasteiger partial charge in [-0.05, 0) is 12.8 Å². The van der Waals surface area contributed by atoms with Gasteiger partial charge >= 0.3 is 5.97 Å². The van der Waals surface area contributed by atoms with E-state index in [1.165, 1.54) is 12.7 Å². The van der Waals surface area contributed by atoms with Crippen molar-refractivity contribution in [3.8, 4) is 0 Å². The van der Waals surface area contributed by atoms with Gasteiger partial charge in [0.15, 0.2) is 5.89 Å². The van der Waals surface area contributed by atoms with Gasteiger partial charge in [0.1, 0.15) is 6.26 Å². The van der Waals surface area contributed by atoms with Crippen LogP contribution < -0.4 is 0 Å². The van der Waals surface area contributed by atoms with Crippen molar-refractivity contribution in [1.29, 1.82) is 0 Å². The molecule has 76 valence electrons. The summed E-state index contributed by atoms with van der Waals surface area (Å²) in [6.07, 6.45) is 4.76. The number of rotatable bonds is 3. The first-order valence-electron chi connectivity index (χ1n) is 4.77. The van der Waals surface area contributed by atoms with Crippen LogP contribution in [0.3, 0.4) is 0 Å². The van der Waals surface area contributed by atoms with E-state index >= 15 is 0 Å². The van der Waals surface area contributed by atoms with Crippen molar-refractivity contribution < 1.29 is 14.3 Å². The van der Waals surface area contributed by atoms with Gasteiger partial charge in [-0.25, -0.2) is 4.98 Å². The van der Waals surface area contributed by atoms with Crippen LogP contribution in [0, 0.1) is 0 Å². The summed E-state index contributed by atoms with van der Waals surface area (Å²) in [6.45, 7) is 2.10. The summed E-state index contributed by atoms with van der Waals surface area (Å²) in [7, 11) is 0. The van der Waals surface area contributed by atoms with Crippen molar-refractivity contribution in [1.82, 2.24) is 4.98 Å². The summed E-state index contributed by atoms with van der Waals surface area (Å²) in [6, 6.07) is 0. The normalized spacial score (nSPS) is 18.9. The van der Waals surface area contributed by atoms with Crippen LogP contribution in [0.2, 0.25) is 0 Å². The minimum Gasteiger partial charge on any atom is -0.481 e. The van der Waals surface area contributed by atoms with Crippen LogP contribution in [0.1, 0.15) is 37.8 Å². The van der Waals surface area contributed by atoms with Gasteiger partial charge in [-0.1, -0.05) is 13.3 Å². The Morgan fingerprint density at radius 1 is 1.71 bits per heavy atom. The third-order valence-corrected chi connectivity index (χ3v) is 2.86. The zero-order valence-electron chi connectivity index (χ0n) is 8.12. The van der Waals surface area contributed by atoms with Gasteiger partial charge in [-0.3, -0.25) is 4.79 Å². The van der Waals surface area contributed by atoms with Gasteiger partial charge in [0.25, 0.3) is 0 Å². The Labute approximate surface area is 81.9 Å². The topological polar surface area (TPSA) is 63.3 Å². The van der Waals surface area contributed by atoms with Gasteiger partial charge < -0.3 is 9.52 Å². The van der Waals surface area contributed by atoms with Gasteiger partial charge in [0, 0.05) is 5.41 Å². The van der Waals surface area contributed by atoms with Gasteiger partial charge in [-0.2, -0.15) is 0 Å². The Morgan fingerprint density at radius 2 is 2.43 bits per heavy atom. The van der Waals surface area contributed by atoms with Gasteiger partial charge in [0.05, 0.1) is 12.1 Å². The first-order valence-corrected chi connectivity index (χ1v) is 4.77. The lowest BCUT2D eigenvalue weighted by Gasteiger charge is -2.34. The summed E-state index contributed by atoms with van der Waals surface area (Å²) in [4.78, 5) is 14.6. The van der Waals surface area contributed by atoms with Crippen molar-refractivity contribution in [2.75, 3.05) is 0 Å². The lowest BCUT2D eigenvalue weighted by Crippen LogP contribution is -2.30. The molecule has 4 heteroatoms. The molecule has 1 aliphatic carbocycles. The van der Waals surface area contributed by atoms with Crippen LogP contribution in [-0.2, 0) is 16.6 Å². The molecule has 2 rings (SSSR count). The number of carbonyl (C=O) groups is 1. The summed E-state index contributed by atoms with van der Waals surface area (Å²) in [5, 5.41) is 8.57. The molecule has 1 fully saturated rings. The molecule has 0 radical (unpaired) electrons. The first-order chi connectivity index (χ1) is 6.60. The van der Waals surface area contributed by atoms with E-state index in [-0.39, 0.29) is 11.8 Å². The number of oxazole rings is 1. The molecule has 1 aromatic rings. The minimum absolute atomic E-state index is 0.0523. The Hall–Kier alpha value is -1.32. The fourth-order valence-electron chi connectivity index (χ4n) is 1.74. The van der Waals surface area contributed by atoms with Crippen LogP contribution in [-0.4, -0.2) is 16.1 Å². The monoisotopic (exact) mass is 195 g/mol. The van der Waals surface area contributed by atoms with Crippen LogP contribution in [0.25, 0.3) is 0 Å². The molecule has 0 atom stereocenters. The smallest absolute Gasteiger partial charge is 0.309 e. The molecule has 0 aliphatic heterocycles. The SMILES string of the molecule is CC1(c2nc(CC(=O)O)co2)CCC1. The predicted molar refractivity (Wildman–Crippen MR) is 49.0 cm³/mol. The molecule has 0 bridgehead atoms. The molecule has 14 heavy (non-hydrogen) atoms. The summed E-state index contributed by atoms with van der Waals surface area (Å²) in [5.74, 6) is -0.177. The van der Waals surface area contributed by atoms with Crippen LogP contribution in [0.5, 0.6) is 0 Å². The highest BCUT2D eigenvalue weighted by Crippen LogP contribution is 2.42. The van der Waals surface area contributed by atoms with E-state index in [1.807, 2.05) is 0 Å². The molecule has 1 heterocycles. The second-order valence-electron chi connectivity index (χ2n) is 4.13. The Balaban J connectivity index is 2.13. The maximum atomic E-state index is 10.4. The quantitative estimate of drug-likeness (QED) is 0.797. The highest BCUT2D eigenvalue weighted by atomic mass is 16.4. The van der Waals surface area contributed by atoms with E-state index in [0.717, 1.165) is 12.8 Å². The van der Waals surface area contributed by atoms with Crippen molar-refractivity contribution in [2.24, 2.45) is 0 Å². The van der Waals surface area contributed by atoms with Crippen LogP contribution in [0.15, 0.2) is 10.7 Å². The summed E-state index contributed by atoms with van der Waals surface area (Å²) < 4.78 is 5.30. The molecule has 4 nitrogen and oxygen atoms in total. The third kappa shape index (κ3) is 1.52. The Bertz CT molecular complexity index is 352. The maximum Gasteiger partial charge on any atom is 0.309 e. The molecule has 1 N–H and O–H groups in total. The number of nitrogens with zero attached hydrogens (tertiary/aromatic N) is 1. The van der Waals surface area contributed by atoms with E-state index in [4.69, 9.17) is 9.52 Å². The average molecular weight is 195 g/mol. The number of aromatic nitrogens is 1. The van der Waals surface area contributed by atoms with Crippen molar-refractivity contribution in [3.63, 3.8) is 0 Å². The number of carboxylic acid groups (broad SMARTS) is 1. The second-order valence-corrected chi connectivity index (χ2v) is 4.13. The Kier molecular flexibility index (Phi) is 2.06. The molecule has 0 saturated heterocycles. The summed E-state index contributed by atoms with van der Waals surface area (Å²) in [5.41, 5.74) is 0.567. The number of hydrogen-bond donors (Lipinski definition) is 1. The molecule has 0 aromatic carbocycles. The molecule has 1 aliphatic rings. The predicted octanol–water partition coefficient (Wildman–Crippen LogP) is 1.74. The average Bonchev–Trinajstić information content (AvgIpc) is 2.47. The van der Waals surface area contributed by atoms with Gasteiger partial charge in [0.2, 0.25) is 0 Å². The highest BCUT2D eigenvalue weighted by Gasteiger charge is 2.38. The fraction of sp³-hybridized carbons (Fsp3) is 0.600. The van der Waals surface area contributed by atoms with Crippen molar-refractivity contribution in [3.05, 3.63) is 17.8 Å². The van der Waals surface area contributed by atoms with E-state index in [1.54, 1.807) is 0 Å². The van der Waals surface area contributed by atoms with Crippen LogP contribution in [0.4, 0.5) is 0 Å². The Morgan fingerprint density at radius 3 is 2.93 bits per heavy atom. The van der Waals surface area contributed by atoms with E-state index in [0.29, 0.717) is 11.6 Å². The molecule has 0 spiro atoms. The minimum atomic E-state index is -0.872. The number of carboxylic acids is 1. The molecule has 1 aromatic heterocycles.